The fourth-order valence-corrected chi connectivity index (χ4v) is 6.08. The summed E-state index contributed by atoms with van der Waals surface area (Å²) >= 11 is 0. The van der Waals surface area contributed by atoms with E-state index in [1.807, 2.05) is 19.9 Å². The van der Waals surface area contributed by atoms with Gasteiger partial charge in [0.15, 0.2) is 11.3 Å². The van der Waals surface area contributed by atoms with E-state index in [4.69, 9.17) is 10.5 Å². The topological polar surface area (TPSA) is 173 Å². The minimum absolute atomic E-state index is 0.0432. The van der Waals surface area contributed by atoms with Gasteiger partial charge in [0.05, 0.1) is 29.4 Å². The van der Waals surface area contributed by atoms with Gasteiger partial charge in [-0.15, -0.1) is 5.10 Å². The van der Waals surface area contributed by atoms with Crippen molar-refractivity contribution < 1.29 is 13.9 Å². The highest BCUT2D eigenvalue weighted by molar-refractivity contribution is 6.04. The molecule has 1 fully saturated rings. The number of fused-ring (bicyclic) bond motifs is 4. The Kier molecular flexibility index (Phi) is 9.49. The van der Waals surface area contributed by atoms with Crippen LogP contribution in [0, 0.1) is 5.82 Å². The molecule has 0 spiro atoms. The minimum atomic E-state index is -0.741. The first-order valence-corrected chi connectivity index (χ1v) is 16.1. The first kappa shape index (κ1) is 33.4. The number of nitrogens with zero attached hydrogens (tertiary/aromatic N) is 10. The lowest BCUT2D eigenvalue weighted by molar-refractivity contribution is 0.0997. The summed E-state index contributed by atoms with van der Waals surface area (Å²) < 4.78 is 26.4. The summed E-state index contributed by atoms with van der Waals surface area (Å²) in [5, 5.41) is 7.88. The molecule has 6 heterocycles. The number of pyridine rings is 2. The second-order valence-corrected chi connectivity index (χ2v) is 12.3. The van der Waals surface area contributed by atoms with E-state index in [9.17, 15) is 14.4 Å². The maximum Gasteiger partial charge on any atom is 0.352 e. The first-order chi connectivity index (χ1) is 23.5. The van der Waals surface area contributed by atoms with Gasteiger partial charge in [0, 0.05) is 61.5 Å². The highest BCUT2D eigenvalue weighted by Crippen LogP contribution is 2.32. The van der Waals surface area contributed by atoms with Crippen LogP contribution in [0.1, 0.15) is 56.1 Å². The van der Waals surface area contributed by atoms with E-state index in [0.717, 1.165) is 38.5 Å². The molecule has 2 N–H and O–H groups in total. The monoisotopic (exact) mass is 671 g/mol. The lowest BCUT2D eigenvalue weighted by Gasteiger charge is -2.26. The summed E-state index contributed by atoms with van der Waals surface area (Å²) in [6, 6.07) is 6.76. The smallest absolute Gasteiger partial charge is 0.352 e. The van der Waals surface area contributed by atoms with Gasteiger partial charge in [0.2, 0.25) is 5.88 Å². The molecule has 0 radical (unpaired) electrons. The van der Waals surface area contributed by atoms with Crippen molar-refractivity contribution in [2.24, 2.45) is 19.8 Å². The number of aryl methyl sites for hydroxylation is 2. The van der Waals surface area contributed by atoms with Crippen molar-refractivity contribution in [1.82, 2.24) is 48.4 Å². The summed E-state index contributed by atoms with van der Waals surface area (Å²) in [6.45, 7) is 7.95. The normalized spacial score (nSPS) is 13.7. The van der Waals surface area contributed by atoms with Crippen molar-refractivity contribution in [2.75, 3.05) is 26.2 Å². The summed E-state index contributed by atoms with van der Waals surface area (Å²) in [5.41, 5.74) is 7.55. The van der Waals surface area contributed by atoms with Gasteiger partial charge in [0.25, 0.3) is 5.91 Å². The predicted molar refractivity (Wildman–Crippen MR) is 181 cm³/mol. The van der Waals surface area contributed by atoms with E-state index >= 15 is 4.39 Å². The van der Waals surface area contributed by atoms with E-state index in [2.05, 4.69) is 30.2 Å². The molecule has 1 saturated heterocycles. The van der Waals surface area contributed by atoms with Crippen molar-refractivity contribution in [3.63, 3.8) is 0 Å². The first-order valence-electron chi connectivity index (χ1n) is 16.1. The van der Waals surface area contributed by atoms with Gasteiger partial charge in [-0.25, -0.2) is 28.3 Å². The second-order valence-electron chi connectivity index (χ2n) is 12.3. The van der Waals surface area contributed by atoms with E-state index in [1.54, 1.807) is 40.7 Å². The Morgan fingerprint density at radius 3 is 2.49 bits per heavy atom. The number of hydrogen-bond acceptors (Lipinski definition) is 10. The number of carbonyl (C=O) groups is 1. The Morgan fingerprint density at radius 2 is 1.80 bits per heavy atom. The molecule has 1 amide bonds. The van der Waals surface area contributed by atoms with Gasteiger partial charge < -0.3 is 15.4 Å². The number of nitrogens with two attached hydrogens (primary N) is 1. The molecule has 0 unspecified atom stereocenters. The molecule has 1 aromatic carbocycles. The van der Waals surface area contributed by atoms with Crippen LogP contribution in [-0.2, 0) is 14.1 Å². The molecule has 0 saturated carbocycles. The van der Waals surface area contributed by atoms with Gasteiger partial charge >= 0.3 is 11.4 Å². The van der Waals surface area contributed by atoms with Crippen LogP contribution in [0.5, 0.6) is 5.88 Å². The van der Waals surface area contributed by atoms with Crippen LogP contribution < -0.4 is 21.9 Å². The van der Waals surface area contributed by atoms with Gasteiger partial charge in [-0.1, -0.05) is 11.6 Å². The molecular weight excluding hydrogens is 633 g/mol. The summed E-state index contributed by atoms with van der Waals surface area (Å²) in [7, 11) is 3.18. The fraction of sp³-hybridized carbons (Fsp3) is 0.394. The summed E-state index contributed by atoms with van der Waals surface area (Å²) in [6.07, 6.45) is 9.33. The molecule has 1 aliphatic rings. The van der Waals surface area contributed by atoms with E-state index in [-0.39, 0.29) is 28.9 Å². The van der Waals surface area contributed by atoms with E-state index in [1.165, 1.54) is 51.8 Å². The number of primary amides is 1. The lowest BCUT2D eigenvalue weighted by Crippen LogP contribution is -2.31. The third-order valence-electron chi connectivity index (χ3n) is 8.62. The third-order valence-corrected chi connectivity index (χ3v) is 8.62. The SMILES string of the molecule is CC(C)n1c(=O)n(C)c2cnc3cc(F)c(-c4ccc(OCCCN5CCCCC5)nc4)cc3c21.Cn1nnc2c(C(N)=O)ncn2c1=O. The quantitative estimate of drug-likeness (QED) is 0.237. The average Bonchev–Trinajstić information content (AvgIpc) is 3.65. The highest BCUT2D eigenvalue weighted by Gasteiger charge is 2.19. The van der Waals surface area contributed by atoms with Crippen molar-refractivity contribution in [1.29, 1.82) is 0 Å². The molecule has 0 bridgehead atoms. The summed E-state index contributed by atoms with van der Waals surface area (Å²) in [4.78, 5) is 50.1. The van der Waals surface area contributed by atoms with Crippen LogP contribution in [0.4, 0.5) is 4.39 Å². The maximum atomic E-state index is 15.1. The second kappa shape index (κ2) is 13.9. The van der Waals surface area contributed by atoms with Gasteiger partial charge in [-0.2, -0.15) is 4.68 Å². The molecular formula is C33H38FN11O4. The van der Waals surface area contributed by atoms with Gasteiger partial charge in [-0.3, -0.25) is 18.9 Å². The average molecular weight is 672 g/mol. The number of imidazole rings is 2. The highest BCUT2D eigenvalue weighted by atomic mass is 19.1. The summed E-state index contributed by atoms with van der Waals surface area (Å²) in [5.74, 6) is -0.583. The van der Waals surface area contributed by atoms with Crippen LogP contribution in [0.3, 0.4) is 0 Å². The van der Waals surface area contributed by atoms with Gasteiger partial charge in [-0.05, 0) is 58.3 Å². The fourth-order valence-electron chi connectivity index (χ4n) is 6.08. The maximum absolute atomic E-state index is 15.1. The molecule has 5 aromatic heterocycles. The number of halogens is 1. The Bertz CT molecular complexity index is 2270. The molecule has 256 valence electrons. The third kappa shape index (κ3) is 6.63. The number of piperidine rings is 1. The number of carbonyl (C=O) groups excluding carboxylic acids is 1. The number of hydrogen-bond donors (Lipinski definition) is 1. The standard InChI is InChI=1S/C27H32FN5O2.C6H6N6O2/c1-18(2)33-26-21-14-20(22(28)15-23(21)29-17-24(26)31(3)27(33)34)19-8-9-25(30-16-19)35-13-7-12-32-10-5-4-6-11-32;1-11-6(14)12-2-8-3(4(7)13)5(12)9-10-11/h8-9,14-18H,4-7,10-13H2,1-3H3;2H,1H3,(H2,7,13). The zero-order valence-corrected chi connectivity index (χ0v) is 27.8. The molecule has 0 atom stereocenters. The number of amides is 1. The molecule has 0 aliphatic carbocycles. The van der Waals surface area contributed by atoms with E-state index < -0.39 is 11.6 Å². The number of ether oxygens (including phenoxy) is 1. The number of likely N-dealkylation sites (tertiary alicyclic amines) is 1. The molecule has 16 heteroatoms. The number of rotatable bonds is 8. The molecule has 1 aliphatic heterocycles. The zero-order chi connectivity index (χ0) is 34.8. The van der Waals surface area contributed by atoms with Crippen LogP contribution in [0.2, 0.25) is 0 Å². The zero-order valence-electron chi connectivity index (χ0n) is 27.8. The largest absolute Gasteiger partial charge is 0.478 e. The van der Waals surface area contributed by atoms with Crippen LogP contribution in [0.25, 0.3) is 38.7 Å². The van der Waals surface area contributed by atoms with Crippen molar-refractivity contribution >= 4 is 33.5 Å². The van der Waals surface area contributed by atoms with Crippen molar-refractivity contribution in [3.05, 3.63) is 75.5 Å². The predicted octanol–water partition coefficient (Wildman–Crippen LogP) is 2.85. The minimum Gasteiger partial charge on any atom is -0.478 e. The number of benzene rings is 1. The van der Waals surface area contributed by atoms with Crippen LogP contribution in [-0.4, -0.2) is 80.5 Å². The Balaban J connectivity index is 0.000000248. The lowest BCUT2D eigenvalue weighted by atomic mass is 10.0. The Hall–Kier alpha value is -5.51. The van der Waals surface area contributed by atoms with Crippen LogP contribution >= 0.6 is 0 Å². The van der Waals surface area contributed by atoms with E-state index in [0.29, 0.717) is 29.1 Å². The molecule has 7 rings (SSSR count). The number of aromatic nitrogens is 9. The van der Waals surface area contributed by atoms with Crippen molar-refractivity contribution in [2.45, 2.75) is 45.6 Å². The Labute approximate surface area is 279 Å². The molecule has 6 aromatic rings. The van der Waals surface area contributed by atoms with Crippen molar-refractivity contribution in [3.8, 4) is 17.0 Å². The molecule has 15 nitrogen and oxygen atoms in total. The molecule has 49 heavy (non-hydrogen) atoms. The Morgan fingerprint density at radius 1 is 1.02 bits per heavy atom. The van der Waals surface area contributed by atoms with Gasteiger partial charge in [0.1, 0.15) is 12.1 Å². The van der Waals surface area contributed by atoms with Crippen LogP contribution in [0.15, 0.2) is 52.6 Å².